The van der Waals surface area contributed by atoms with Crippen molar-refractivity contribution in [2.45, 2.75) is 46.6 Å². The molecule has 3 rings (SSSR count). The Kier molecular flexibility index (Phi) is 5.87. The topological polar surface area (TPSA) is 75.3 Å². The van der Waals surface area contributed by atoms with Crippen LogP contribution in [0.4, 0.5) is 5.69 Å². The molecule has 7 heteroatoms. The molecule has 1 aliphatic carbocycles. The number of aryl methyl sites for hydroxylation is 1. The first-order valence-corrected chi connectivity index (χ1v) is 12.2. The van der Waals surface area contributed by atoms with E-state index in [4.69, 9.17) is 0 Å². The van der Waals surface area contributed by atoms with Gasteiger partial charge >= 0.3 is 0 Å². The summed E-state index contributed by atoms with van der Waals surface area (Å²) in [7, 11) is -3.32. The number of carbonyl (C=O) groups excluding carboxylic acids is 1. The highest BCUT2D eigenvalue weighted by atomic mass is 32.2. The number of hydrogen-bond donors (Lipinski definition) is 2. The fourth-order valence-electron chi connectivity index (χ4n) is 3.60. The van der Waals surface area contributed by atoms with E-state index in [1.54, 1.807) is 29.5 Å². The maximum Gasteiger partial charge on any atom is 0.261 e. The smallest absolute Gasteiger partial charge is 0.261 e. The van der Waals surface area contributed by atoms with E-state index in [1.165, 1.54) is 16.9 Å². The number of sulfonamides is 1. The molecular formula is C21H28N2O3S2. The Hall–Kier alpha value is -1.86. The van der Waals surface area contributed by atoms with Crippen LogP contribution in [-0.4, -0.2) is 20.6 Å². The van der Waals surface area contributed by atoms with Crippen molar-refractivity contribution in [3.05, 3.63) is 51.2 Å². The summed E-state index contributed by atoms with van der Waals surface area (Å²) in [5, 5.41) is 2.95. The molecule has 5 nitrogen and oxygen atoms in total. The Morgan fingerprint density at radius 3 is 2.68 bits per heavy atom. The number of rotatable bonds is 5. The molecule has 0 bridgehead atoms. The van der Waals surface area contributed by atoms with Crippen molar-refractivity contribution < 1.29 is 13.2 Å². The van der Waals surface area contributed by atoms with E-state index >= 15 is 0 Å². The van der Waals surface area contributed by atoms with Gasteiger partial charge in [-0.15, -0.1) is 11.3 Å². The zero-order valence-corrected chi connectivity index (χ0v) is 18.5. The number of nitrogens with one attached hydrogen (secondary N) is 2. The van der Waals surface area contributed by atoms with Crippen LogP contribution in [-0.2, 0) is 29.4 Å². The second kappa shape index (κ2) is 7.87. The Morgan fingerprint density at radius 1 is 1.25 bits per heavy atom. The Bertz CT molecular complexity index is 972. The van der Waals surface area contributed by atoms with Gasteiger partial charge in [0.15, 0.2) is 0 Å². The van der Waals surface area contributed by atoms with Gasteiger partial charge in [-0.2, -0.15) is 0 Å². The molecule has 2 aromatic rings. The van der Waals surface area contributed by atoms with Gasteiger partial charge in [0.05, 0.1) is 11.1 Å². The number of thiophene rings is 1. The molecular weight excluding hydrogens is 392 g/mol. The molecule has 0 spiro atoms. The first-order valence-electron chi connectivity index (χ1n) is 9.48. The van der Waals surface area contributed by atoms with Crippen LogP contribution in [0.15, 0.2) is 30.3 Å². The Balaban J connectivity index is 1.64. The average Bonchev–Trinajstić information content (AvgIpc) is 3.01. The molecule has 1 aromatic carbocycles. The van der Waals surface area contributed by atoms with E-state index in [9.17, 15) is 13.2 Å². The molecule has 0 aliphatic heterocycles. The highest BCUT2D eigenvalue weighted by Crippen LogP contribution is 2.40. The largest absolute Gasteiger partial charge is 0.347 e. The number of anilines is 1. The van der Waals surface area contributed by atoms with Crippen molar-refractivity contribution in [1.29, 1.82) is 0 Å². The van der Waals surface area contributed by atoms with Crippen LogP contribution >= 0.6 is 11.3 Å². The molecule has 0 saturated carbocycles. The maximum atomic E-state index is 12.6. The zero-order chi connectivity index (χ0) is 20.5. The van der Waals surface area contributed by atoms with E-state index in [0.29, 0.717) is 18.2 Å². The fraction of sp³-hybridized carbons (Fsp3) is 0.476. The summed E-state index contributed by atoms with van der Waals surface area (Å²) in [5.74, 6) is 0.573. The van der Waals surface area contributed by atoms with Gasteiger partial charge in [0.1, 0.15) is 0 Å². The predicted octanol–water partition coefficient (Wildman–Crippen LogP) is 4.20. The normalized spacial score (nSPS) is 17.1. The minimum atomic E-state index is -3.32. The van der Waals surface area contributed by atoms with E-state index in [-0.39, 0.29) is 11.3 Å². The van der Waals surface area contributed by atoms with Gasteiger partial charge in [0.25, 0.3) is 5.91 Å². The van der Waals surface area contributed by atoms with Crippen LogP contribution in [0.25, 0.3) is 0 Å². The number of carbonyl (C=O) groups is 1. The second-order valence-corrected chi connectivity index (χ2v) is 11.5. The third kappa shape index (κ3) is 5.35. The van der Waals surface area contributed by atoms with Gasteiger partial charge in [-0.05, 0) is 59.9 Å². The number of benzene rings is 1. The highest BCUT2D eigenvalue weighted by Gasteiger charge is 2.30. The third-order valence-electron chi connectivity index (χ3n) is 5.21. The van der Waals surface area contributed by atoms with Crippen molar-refractivity contribution >= 4 is 33.0 Å². The molecule has 1 unspecified atom stereocenters. The minimum absolute atomic E-state index is 0.0758. The summed E-state index contributed by atoms with van der Waals surface area (Å²) in [4.78, 5) is 14.7. The summed E-state index contributed by atoms with van der Waals surface area (Å²) in [6.07, 6.45) is 4.39. The molecule has 1 heterocycles. The molecule has 0 radical (unpaired) electrons. The molecule has 1 amide bonds. The predicted molar refractivity (Wildman–Crippen MR) is 115 cm³/mol. The van der Waals surface area contributed by atoms with Crippen molar-refractivity contribution in [2.75, 3.05) is 11.0 Å². The lowest BCUT2D eigenvalue weighted by Crippen LogP contribution is -2.26. The second-order valence-electron chi connectivity index (χ2n) is 8.62. The molecule has 0 fully saturated rings. The van der Waals surface area contributed by atoms with Crippen molar-refractivity contribution in [3.63, 3.8) is 0 Å². The summed E-state index contributed by atoms with van der Waals surface area (Å²) in [5.41, 5.74) is 2.94. The van der Waals surface area contributed by atoms with E-state index < -0.39 is 10.0 Å². The van der Waals surface area contributed by atoms with Gasteiger partial charge in [-0.3, -0.25) is 9.52 Å². The summed E-state index contributed by atoms with van der Waals surface area (Å²) in [6.45, 7) is 7.21. The monoisotopic (exact) mass is 420 g/mol. The van der Waals surface area contributed by atoms with Crippen LogP contribution in [0.3, 0.4) is 0 Å². The van der Waals surface area contributed by atoms with Crippen molar-refractivity contribution in [3.8, 4) is 0 Å². The lowest BCUT2D eigenvalue weighted by Gasteiger charge is -2.33. The SMILES string of the molecule is CC(C)(C)C1CCc2sc(C(=O)NCc3cccc(NS(C)(=O)=O)c3)cc2C1. The molecule has 2 N–H and O–H groups in total. The van der Waals surface area contributed by atoms with Gasteiger partial charge in [-0.1, -0.05) is 32.9 Å². The summed E-state index contributed by atoms with van der Waals surface area (Å²) < 4.78 is 25.2. The van der Waals surface area contributed by atoms with Crippen LogP contribution in [0.1, 0.15) is 52.9 Å². The quantitative estimate of drug-likeness (QED) is 0.761. The van der Waals surface area contributed by atoms with Crippen molar-refractivity contribution in [1.82, 2.24) is 5.32 Å². The summed E-state index contributed by atoms with van der Waals surface area (Å²) >= 11 is 1.60. The highest BCUT2D eigenvalue weighted by molar-refractivity contribution is 7.92. The fourth-order valence-corrected chi connectivity index (χ4v) is 5.28. The minimum Gasteiger partial charge on any atom is -0.347 e. The summed E-state index contributed by atoms with van der Waals surface area (Å²) in [6, 6.07) is 9.10. The van der Waals surface area contributed by atoms with Crippen LogP contribution in [0, 0.1) is 11.3 Å². The number of fused-ring (bicyclic) bond motifs is 1. The first kappa shape index (κ1) is 20.9. The molecule has 1 aromatic heterocycles. The van der Waals surface area contributed by atoms with Gasteiger partial charge in [0.2, 0.25) is 10.0 Å². The molecule has 1 aliphatic rings. The lowest BCUT2D eigenvalue weighted by atomic mass is 9.72. The standard InChI is InChI=1S/C21H28N2O3S2/c1-21(2,3)16-8-9-18-15(11-16)12-19(27-18)20(24)22-13-14-6-5-7-17(10-14)23-28(4,25)26/h5-7,10,12,16,23H,8-9,11,13H2,1-4H3,(H,22,24). The third-order valence-corrected chi connectivity index (χ3v) is 7.06. The molecule has 152 valence electrons. The number of amides is 1. The lowest BCUT2D eigenvalue weighted by molar-refractivity contribution is 0.0955. The molecule has 28 heavy (non-hydrogen) atoms. The first-order chi connectivity index (χ1) is 13.0. The van der Waals surface area contributed by atoms with Crippen LogP contribution in [0.5, 0.6) is 0 Å². The van der Waals surface area contributed by atoms with Gasteiger partial charge in [-0.25, -0.2) is 8.42 Å². The Morgan fingerprint density at radius 2 is 2.00 bits per heavy atom. The van der Waals surface area contributed by atoms with E-state index in [2.05, 4.69) is 36.9 Å². The maximum absolute atomic E-state index is 12.6. The molecule has 0 saturated heterocycles. The Labute approximate surface area is 171 Å². The van der Waals surface area contributed by atoms with E-state index in [1.807, 2.05) is 6.07 Å². The number of hydrogen-bond acceptors (Lipinski definition) is 4. The van der Waals surface area contributed by atoms with Gasteiger partial charge < -0.3 is 5.32 Å². The zero-order valence-electron chi connectivity index (χ0n) is 16.8. The van der Waals surface area contributed by atoms with Crippen LogP contribution < -0.4 is 10.0 Å². The van der Waals surface area contributed by atoms with Crippen molar-refractivity contribution in [2.24, 2.45) is 11.3 Å². The average molecular weight is 421 g/mol. The van der Waals surface area contributed by atoms with Gasteiger partial charge in [0, 0.05) is 17.1 Å². The molecule has 1 atom stereocenters. The van der Waals surface area contributed by atoms with E-state index in [0.717, 1.165) is 29.5 Å². The van der Waals surface area contributed by atoms with Crippen LogP contribution in [0.2, 0.25) is 0 Å².